The van der Waals surface area contributed by atoms with Gasteiger partial charge < -0.3 is 5.11 Å². The molecule has 1 rings (SSSR count). The Labute approximate surface area is 135 Å². The molecule has 0 fully saturated rings. The van der Waals surface area contributed by atoms with E-state index in [1.54, 1.807) is 13.3 Å². The summed E-state index contributed by atoms with van der Waals surface area (Å²) in [5.74, 6) is 0.625. The van der Waals surface area contributed by atoms with Gasteiger partial charge in [0, 0.05) is 6.42 Å². The van der Waals surface area contributed by atoms with Crippen molar-refractivity contribution in [2.45, 2.75) is 98.8 Å². The van der Waals surface area contributed by atoms with E-state index in [1.165, 1.54) is 44.1 Å². The summed E-state index contributed by atoms with van der Waals surface area (Å²) in [6, 6.07) is 0. The Hall–Kier alpha value is 0.339. The fourth-order valence-electron chi connectivity index (χ4n) is 2.53. The summed E-state index contributed by atoms with van der Waals surface area (Å²) in [5, 5.41) is 8.88. The van der Waals surface area contributed by atoms with Crippen LogP contribution in [0.3, 0.4) is 0 Å². The zero-order chi connectivity index (χ0) is 15.2. The van der Waals surface area contributed by atoms with Crippen LogP contribution in [0.2, 0.25) is 13.3 Å². The van der Waals surface area contributed by atoms with Crippen LogP contribution in [0, 0.1) is 0 Å². The van der Waals surface area contributed by atoms with Crippen molar-refractivity contribution < 1.29 is 5.11 Å². The summed E-state index contributed by atoms with van der Waals surface area (Å²) in [5.41, 5.74) is 1.18. The Morgan fingerprint density at radius 2 is 1.30 bits per heavy atom. The van der Waals surface area contributed by atoms with E-state index in [2.05, 4.69) is 20.8 Å². The third kappa shape index (κ3) is 11.0. The Morgan fingerprint density at radius 1 is 0.850 bits per heavy atom. The third-order valence-electron chi connectivity index (χ3n) is 4.11. The number of hydrogen-bond donors (Lipinski definition) is 1. The summed E-state index contributed by atoms with van der Waals surface area (Å²) in [7, 11) is 0. The average Bonchev–Trinajstić information content (AvgIpc) is 2.83. The van der Waals surface area contributed by atoms with Crippen molar-refractivity contribution in [3.8, 4) is 0 Å². The zero-order valence-corrected chi connectivity index (χ0v) is 17.3. The molecule has 0 saturated carbocycles. The van der Waals surface area contributed by atoms with Crippen molar-refractivity contribution in [2.24, 2.45) is 0 Å². The Balaban J connectivity index is 0.000000428. The van der Waals surface area contributed by atoms with Crippen molar-refractivity contribution in [3.05, 3.63) is 11.3 Å². The first-order chi connectivity index (χ1) is 9.65. The molecule has 1 aliphatic rings. The number of rotatable bonds is 9. The molecule has 20 heavy (non-hydrogen) atoms. The Bertz CT molecular complexity index is 217. The van der Waals surface area contributed by atoms with Gasteiger partial charge in [-0.15, -0.1) is 0 Å². The SMILES string of the molecule is CC1=C(O)CCC1.CCC[CH2][Sn]([CH2]CCC)[CH2]CCC. The van der Waals surface area contributed by atoms with Crippen LogP contribution in [0.1, 0.15) is 85.5 Å². The van der Waals surface area contributed by atoms with E-state index in [-0.39, 0.29) is 0 Å². The molecule has 1 N–H and O–H groups in total. The number of unbranched alkanes of at least 4 members (excludes halogenated alkanes) is 3. The van der Waals surface area contributed by atoms with Gasteiger partial charge in [-0.05, 0) is 25.3 Å². The first-order valence-corrected chi connectivity index (χ1v) is 14.9. The van der Waals surface area contributed by atoms with Crippen LogP contribution >= 0.6 is 0 Å². The van der Waals surface area contributed by atoms with Crippen molar-refractivity contribution in [3.63, 3.8) is 0 Å². The molecule has 0 saturated heterocycles. The van der Waals surface area contributed by atoms with Gasteiger partial charge in [-0.3, -0.25) is 0 Å². The summed E-state index contributed by atoms with van der Waals surface area (Å²) >= 11 is -0.839. The minimum atomic E-state index is -0.839. The topological polar surface area (TPSA) is 20.2 Å². The fourth-order valence-corrected chi connectivity index (χ4v) is 12.0. The Morgan fingerprint density at radius 3 is 1.50 bits per heavy atom. The predicted molar refractivity (Wildman–Crippen MR) is 94.1 cm³/mol. The van der Waals surface area contributed by atoms with Gasteiger partial charge in [-0.1, -0.05) is 0 Å². The van der Waals surface area contributed by atoms with Gasteiger partial charge in [0.05, 0.1) is 5.76 Å². The van der Waals surface area contributed by atoms with E-state index >= 15 is 0 Å². The van der Waals surface area contributed by atoms with E-state index < -0.39 is 19.8 Å². The second-order valence-electron chi connectivity index (χ2n) is 6.14. The fraction of sp³-hybridized carbons (Fsp3) is 0.889. The molecule has 0 aromatic heterocycles. The van der Waals surface area contributed by atoms with Crippen molar-refractivity contribution in [1.82, 2.24) is 0 Å². The molecule has 0 heterocycles. The summed E-state index contributed by atoms with van der Waals surface area (Å²) < 4.78 is 5.04. The maximum atomic E-state index is 8.88. The second-order valence-corrected chi connectivity index (χ2v) is 14.7. The molecule has 0 spiro atoms. The van der Waals surface area contributed by atoms with Gasteiger partial charge in [0.15, 0.2) is 0 Å². The maximum absolute atomic E-state index is 8.88. The molecule has 0 atom stereocenters. The molecule has 2 heteroatoms. The molecule has 0 aromatic carbocycles. The van der Waals surface area contributed by atoms with Gasteiger partial charge in [-0.25, -0.2) is 0 Å². The summed E-state index contributed by atoms with van der Waals surface area (Å²) in [4.78, 5) is 0. The van der Waals surface area contributed by atoms with Crippen LogP contribution in [0.5, 0.6) is 0 Å². The van der Waals surface area contributed by atoms with Crippen LogP contribution in [-0.4, -0.2) is 24.9 Å². The van der Waals surface area contributed by atoms with E-state index in [0.717, 1.165) is 19.3 Å². The average molecular weight is 388 g/mol. The normalized spacial score (nSPS) is 14.7. The molecule has 0 aliphatic heterocycles. The van der Waals surface area contributed by atoms with Crippen LogP contribution in [0.4, 0.5) is 0 Å². The number of hydrogen-bond acceptors (Lipinski definition) is 1. The van der Waals surface area contributed by atoms with Gasteiger partial charge in [0.2, 0.25) is 0 Å². The molecule has 0 aromatic rings. The molecule has 0 amide bonds. The molecule has 1 aliphatic carbocycles. The number of aliphatic hydroxyl groups excluding tert-OH is 1. The molecule has 1 nitrogen and oxygen atoms in total. The molecular weight excluding hydrogens is 351 g/mol. The predicted octanol–water partition coefficient (Wildman–Crippen LogP) is 6.88. The summed E-state index contributed by atoms with van der Waals surface area (Å²) in [6.45, 7) is 8.99. The first kappa shape index (κ1) is 20.3. The first-order valence-electron chi connectivity index (χ1n) is 8.86. The third-order valence-corrected chi connectivity index (χ3v) is 13.2. The van der Waals surface area contributed by atoms with Crippen molar-refractivity contribution in [1.29, 1.82) is 0 Å². The molecule has 1 radical (unpaired) electrons. The van der Waals surface area contributed by atoms with Gasteiger partial charge in [-0.2, -0.15) is 0 Å². The standard InChI is InChI=1S/C6H10O.3C4H9.Sn/c1-5-3-2-4-6(5)7;3*1-3-4-2;/h7H,2-4H2,1H3;3*1,3-4H2,2H3;. The summed E-state index contributed by atoms with van der Waals surface area (Å²) in [6.07, 6.45) is 12.0. The molecular formula is C18H37OSn. The van der Waals surface area contributed by atoms with E-state index in [1.807, 2.05) is 6.92 Å². The second kappa shape index (κ2) is 14.3. The van der Waals surface area contributed by atoms with Gasteiger partial charge in [0.1, 0.15) is 0 Å². The van der Waals surface area contributed by atoms with Crippen molar-refractivity contribution >= 4 is 19.8 Å². The molecule has 0 bridgehead atoms. The van der Waals surface area contributed by atoms with E-state index in [9.17, 15) is 0 Å². The van der Waals surface area contributed by atoms with Crippen LogP contribution in [0.25, 0.3) is 0 Å². The number of allylic oxidation sites excluding steroid dienone is 2. The quantitative estimate of drug-likeness (QED) is 0.427. The van der Waals surface area contributed by atoms with E-state index in [0.29, 0.717) is 5.76 Å². The molecule has 119 valence electrons. The van der Waals surface area contributed by atoms with Crippen LogP contribution in [-0.2, 0) is 0 Å². The van der Waals surface area contributed by atoms with Crippen molar-refractivity contribution in [2.75, 3.05) is 0 Å². The van der Waals surface area contributed by atoms with Gasteiger partial charge in [0.25, 0.3) is 0 Å². The number of aliphatic hydroxyl groups is 1. The minimum absolute atomic E-state index is 0.625. The van der Waals surface area contributed by atoms with Gasteiger partial charge >= 0.3 is 92.4 Å². The van der Waals surface area contributed by atoms with Crippen LogP contribution < -0.4 is 0 Å². The van der Waals surface area contributed by atoms with Crippen LogP contribution in [0.15, 0.2) is 11.3 Å². The van der Waals surface area contributed by atoms with E-state index in [4.69, 9.17) is 5.11 Å². The zero-order valence-electron chi connectivity index (χ0n) is 14.4. The Kier molecular flexibility index (Phi) is 14.5. The monoisotopic (exact) mass is 389 g/mol. The molecule has 0 unspecified atom stereocenters.